The molecule has 0 aromatic heterocycles. The summed E-state index contributed by atoms with van der Waals surface area (Å²) in [5.41, 5.74) is 1.91. The molecule has 0 heterocycles. The molecule has 0 radical (unpaired) electrons. The summed E-state index contributed by atoms with van der Waals surface area (Å²) in [6.45, 7) is 4.67. The molecule has 2 N–H and O–H groups in total. The first kappa shape index (κ1) is 20.3. The summed E-state index contributed by atoms with van der Waals surface area (Å²) in [5.74, 6) is 0.346. The number of carboxylic acids is 1. The molecule has 0 aliphatic heterocycles. The maximum absolute atomic E-state index is 12.5. The molecule has 0 aliphatic rings. The van der Waals surface area contributed by atoms with E-state index >= 15 is 0 Å². The number of carboxylic acid groups (broad SMARTS) is 1. The van der Waals surface area contributed by atoms with E-state index in [0.29, 0.717) is 41.7 Å². The fourth-order valence-corrected chi connectivity index (χ4v) is 2.44. The molecule has 0 fully saturated rings. The van der Waals surface area contributed by atoms with Crippen LogP contribution in [0.3, 0.4) is 0 Å². The Kier molecular flexibility index (Phi) is 7.23. The van der Waals surface area contributed by atoms with Crippen LogP contribution in [0.25, 0.3) is 0 Å². The van der Waals surface area contributed by atoms with Gasteiger partial charge < -0.3 is 19.9 Å². The minimum absolute atomic E-state index is 0.0481. The highest BCUT2D eigenvalue weighted by Gasteiger charge is 2.12. The van der Waals surface area contributed by atoms with Crippen molar-refractivity contribution in [3.63, 3.8) is 0 Å². The summed E-state index contributed by atoms with van der Waals surface area (Å²) >= 11 is 0. The van der Waals surface area contributed by atoms with Crippen molar-refractivity contribution in [1.29, 1.82) is 0 Å². The molecule has 2 rings (SSSR count). The van der Waals surface area contributed by atoms with E-state index in [2.05, 4.69) is 19.2 Å². The predicted molar refractivity (Wildman–Crippen MR) is 104 cm³/mol. The second-order valence-electron chi connectivity index (χ2n) is 6.62. The number of aryl methyl sites for hydroxylation is 1. The van der Waals surface area contributed by atoms with E-state index in [1.54, 1.807) is 36.4 Å². The molecule has 1 amide bonds. The lowest BCUT2D eigenvalue weighted by Crippen LogP contribution is -2.13. The topological polar surface area (TPSA) is 84.9 Å². The van der Waals surface area contributed by atoms with Crippen LogP contribution in [0.4, 0.5) is 5.69 Å². The fraction of sp³-hybridized carbons (Fsp3) is 0.333. The van der Waals surface area contributed by atoms with Gasteiger partial charge in [-0.25, -0.2) is 0 Å². The molecule has 27 heavy (non-hydrogen) atoms. The Bertz CT molecular complexity index is 801. The summed E-state index contributed by atoms with van der Waals surface area (Å²) in [6, 6.07) is 12.2. The monoisotopic (exact) mass is 371 g/mol. The first-order valence-electron chi connectivity index (χ1n) is 8.82. The molecular formula is C21H25NO5. The van der Waals surface area contributed by atoms with Crippen LogP contribution in [0.2, 0.25) is 0 Å². The Morgan fingerprint density at radius 1 is 1.11 bits per heavy atom. The van der Waals surface area contributed by atoms with E-state index in [4.69, 9.17) is 14.6 Å². The summed E-state index contributed by atoms with van der Waals surface area (Å²) in [4.78, 5) is 23.2. The number of amides is 1. The van der Waals surface area contributed by atoms with Crippen molar-refractivity contribution in [1.82, 2.24) is 0 Å². The Labute approximate surface area is 159 Å². The zero-order valence-corrected chi connectivity index (χ0v) is 15.8. The van der Waals surface area contributed by atoms with Crippen LogP contribution in [-0.4, -0.2) is 30.7 Å². The van der Waals surface area contributed by atoms with Gasteiger partial charge in [0.15, 0.2) is 11.5 Å². The molecular weight excluding hydrogens is 346 g/mol. The van der Waals surface area contributed by atoms with Gasteiger partial charge in [0.2, 0.25) is 0 Å². The minimum Gasteiger partial charge on any atom is -0.493 e. The van der Waals surface area contributed by atoms with Gasteiger partial charge in [-0.05, 0) is 48.2 Å². The molecule has 2 aromatic rings. The number of hydrogen-bond donors (Lipinski definition) is 2. The van der Waals surface area contributed by atoms with Crippen LogP contribution in [0, 0.1) is 5.92 Å². The molecule has 0 unspecified atom stereocenters. The van der Waals surface area contributed by atoms with Crippen LogP contribution in [0.5, 0.6) is 11.5 Å². The maximum Gasteiger partial charge on any atom is 0.303 e. The molecule has 0 aliphatic carbocycles. The highest BCUT2D eigenvalue weighted by Crippen LogP contribution is 2.29. The number of ether oxygens (including phenoxy) is 2. The zero-order chi connectivity index (χ0) is 19.8. The van der Waals surface area contributed by atoms with E-state index < -0.39 is 5.97 Å². The van der Waals surface area contributed by atoms with E-state index in [1.165, 1.54) is 7.11 Å². The summed E-state index contributed by atoms with van der Waals surface area (Å²) in [5, 5.41) is 11.6. The number of benzene rings is 2. The van der Waals surface area contributed by atoms with Gasteiger partial charge in [-0.2, -0.15) is 0 Å². The molecule has 0 bridgehead atoms. The third kappa shape index (κ3) is 6.33. The summed E-state index contributed by atoms with van der Waals surface area (Å²) < 4.78 is 11.0. The third-order valence-corrected chi connectivity index (χ3v) is 3.81. The van der Waals surface area contributed by atoms with Crippen molar-refractivity contribution >= 4 is 17.6 Å². The molecule has 0 atom stereocenters. The van der Waals surface area contributed by atoms with E-state index in [9.17, 15) is 9.59 Å². The van der Waals surface area contributed by atoms with Crippen LogP contribution < -0.4 is 14.8 Å². The van der Waals surface area contributed by atoms with Crippen LogP contribution in [0.15, 0.2) is 42.5 Å². The lowest BCUT2D eigenvalue weighted by atomic mass is 10.1. The molecule has 0 spiro atoms. The van der Waals surface area contributed by atoms with Gasteiger partial charge >= 0.3 is 5.97 Å². The number of methoxy groups -OCH3 is 1. The molecule has 144 valence electrons. The second kappa shape index (κ2) is 9.62. The smallest absolute Gasteiger partial charge is 0.303 e. The van der Waals surface area contributed by atoms with E-state index in [-0.39, 0.29) is 12.3 Å². The van der Waals surface area contributed by atoms with Gasteiger partial charge in [-0.1, -0.05) is 26.0 Å². The Morgan fingerprint density at radius 3 is 2.56 bits per heavy atom. The Balaban J connectivity index is 2.09. The summed E-state index contributed by atoms with van der Waals surface area (Å²) in [7, 11) is 1.53. The number of carbonyl (C=O) groups excluding carboxylic acids is 1. The highest BCUT2D eigenvalue weighted by molar-refractivity contribution is 6.04. The molecule has 0 saturated carbocycles. The van der Waals surface area contributed by atoms with Crippen LogP contribution >= 0.6 is 0 Å². The number of aliphatic carboxylic acids is 1. The lowest BCUT2D eigenvalue weighted by Gasteiger charge is -2.14. The van der Waals surface area contributed by atoms with Gasteiger partial charge in [0, 0.05) is 17.7 Å². The number of rotatable bonds is 9. The van der Waals surface area contributed by atoms with Crippen molar-refractivity contribution in [2.45, 2.75) is 26.7 Å². The van der Waals surface area contributed by atoms with Gasteiger partial charge in [0.25, 0.3) is 5.91 Å². The van der Waals surface area contributed by atoms with Crippen LogP contribution in [-0.2, 0) is 11.2 Å². The minimum atomic E-state index is -0.851. The average molecular weight is 371 g/mol. The Hall–Kier alpha value is -3.02. The third-order valence-electron chi connectivity index (χ3n) is 3.81. The number of hydrogen-bond acceptors (Lipinski definition) is 4. The predicted octanol–water partition coefficient (Wildman–Crippen LogP) is 4.00. The highest BCUT2D eigenvalue weighted by atomic mass is 16.5. The van der Waals surface area contributed by atoms with Crippen LogP contribution in [0.1, 0.15) is 36.2 Å². The molecule has 6 heteroatoms. The van der Waals surface area contributed by atoms with Gasteiger partial charge in [0.1, 0.15) is 0 Å². The number of anilines is 1. The standard InChI is InChI=1S/C21H25NO5/c1-14(2)13-27-18-9-8-16(12-19(18)26-3)21(25)22-17-6-4-5-15(11-17)7-10-20(23)24/h4-6,8-9,11-12,14H,7,10,13H2,1-3H3,(H,22,25)(H,23,24). The van der Waals surface area contributed by atoms with E-state index in [1.807, 2.05) is 6.07 Å². The van der Waals surface area contributed by atoms with Crippen molar-refractivity contribution in [2.75, 3.05) is 19.0 Å². The Morgan fingerprint density at radius 2 is 1.89 bits per heavy atom. The van der Waals surface area contributed by atoms with Crippen molar-refractivity contribution in [2.24, 2.45) is 5.92 Å². The fourth-order valence-electron chi connectivity index (χ4n) is 2.44. The second-order valence-corrected chi connectivity index (χ2v) is 6.62. The first-order chi connectivity index (χ1) is 12.9. The van der Waals surface area contributed by atoms with Crippen molar-refractivity contribution in [3.8, 4) is 11.5 Å². The maximum atomic E-state index is 12.5. The van der Waals surface area contributed by atoms with Gasteiger partial charge in [0.05, 0.1) is 13.7 Å². The van der Waals surface area contributed by atoms with E-state index in [0.717, 1.165) is 5.56 Å². The number of nitrogens with one attached hydrogen (secondary N) is 1. The first-order valence-corrected chi connectivity index (χ1v) is 8.82. The van der Waals surface area contributed by atoms with Crippen molar-refractivity contribution < 1.29 is 24.2 Å². The van der Waals surface area contributed by atoms with Gasteiger partial charge in [-0.15, -0.1) is 0 Å². The zero-order valence-electron chi connectivity index (χ0n) is 15.8. The van der Waals surface area contributed by atoms with Gasteiger partial charge in [-0.3, -0.25) is 9.59 Å². The molecule has 2 aromatic carbocycles. The molecule has 6 nitrogen and oxygen atoms in total. The quantitative estimate of drug-likeness (QED) is 0.696. The largest absolute Gasteiger partial charge is 0.493 e. The average Bonchev–Trinajstić information content (AvgIpc) is 2.64. The van der Waals surface area contributed by atoms with Crippen molar-refractivity contribution in [3.05, 3.63) is 53.6 Å². The molecule has 0 saturated heterocycles. The summed E-state index contributed by atoms with van der Waals surface area (Å²) in [6.07, 6.45) is 0.460. The lowest BCUT2D eigenvalue weighted by molar-refractivity contribution is -0.136. The SMILES string of the molecule is COc1cc(C(=O)Nc2cccc(CCC(=O)O)c2)ccc1OCC(C)C. The number of carbonyl (C=O) groups is 2. The normalized spacial score (nSPS) is 10.5.